The van der Waals surface area contributed by atoms with Gasteiger partial charge in [-0.3, -0.25) is 4.98 Å². The Bertz CT molecular complexity index is 764. The molecule has 0 bridgehead atoms. The number of hydrogen-bond donors (Lipinski definition) is 2. The molecule has 2 heterocycles. The first-order valence-electron chi connectivity index (χ1n) is 8.57. The molecule has 0 radical (unpaired) electrons. The van der Waals surface area contributed by atoms with Crippen LogP contribution in [0.3, 0.4) is 0 Å². The Balaban J connectivity index is 1.59. The summed E-state index contributed by atoms with van der Waals surface area (Å²) in [5.41, 5.74) is 7.61. The zero-order valence-electron chi connectivity index (χ0n) is 15.0. The molecule has 0 saturated carbocycles. The number of nitrogens with zero attached hydrogens (tertiary/aromatic N) is 3. The number of aromatic nitrogens is 2. The largest absolute Gasteiger partial charge is 0.444 e. The molecule has 0 aliphatic carbocycles. The van der Waals surface area contributed by atoms with E-state index in [-0.39, 0.29) is 12.1 Å². The maximum Gasteiger partial charge on any atom is 0.407 e. The average molecular weight is 343 g/mol. The number of nitrogens with two attached hydrogens (primary N) is 1. The molecule has 3 N–H and O–H groups in total. The smallest absolute Gasteiger partial charge is 0.407 e. The van der Waals surface area contributed by atoms with Crippen molar-refractivity contribution in [2.75, 3.05) is 23.7 Å². The summed E-state index contributed by atoms with van der Waals surface area (Å²) < 4.78 is 5.31. The van der Waals surface area contributed by atoms with Crippen LogP contribution in [0.5, 0.6) is 0 Å². The number of nitrogens with one attached hydrogen (secondary N) is 1. The molecule has 7 nitrogen and oxygen atoms in total. The standard InChI is InChI=1S/C18H25N5O2/c1-18(2,3)25-17(24)21-13-6-8-23(9-7-13)16-11-20-15-10-12(19)4-5-14(15)22-16/h4-5,10-11,13H,6-9,19H2,1-3H3,(H,21,24). The van der Waals surface area contributed by atoms with Gasteiger partial charge in [-0.25, -0.2) is 9.78 Å². The topological polar surface area (TPSA) is 93.4 Å². The van der Waals surface area contributed by atoms with Crippen LogP contribution in [0.25, 0.3) is 11.0 Å². The van der Waals surface area contributed by atoms with E-state index in [1.165, 1.54) is 0 Å². The Morgan fingerprint density at radius 2 is 2.00 bits per heavy atom. The normalized spacial score (nSPS) is 16.0. The van der Waals surface area contributed by atoms with Crippen molar-refractivity contribution >= 4 is 28.6 Å². The zero-order valence-corrected chi connectivity index (χ0v) is 15.0. The van der Waals surface area contributed by atoms with Gasteiger partial charge in [0.2, 0.25) is 0 Å². The van der Waals surface area contributed by atoms with Crippen molar-refractivity contribution in [1.82, 2.24) is 15.3 Å². The third kappa shape index (κ3) is 4.49. The van der Waals surface area contributed by atoms with Gasteiger partial charge in [-0.15, -0.1) is 0 Å². The summed E-state index contributed by atoms with van der Waals surface area (Å²) in [6.07, 6.45) is 3.12. The molecule has 3 rings (SSSR count). The highest BCUT2D eigenvalue weighted by atomic mass is 16.6. The second-order valence-corrected chi connectivity index (χ2v) is 7.38. The van der Waals surface area contributed by atoms with Crippen LogP contribution in [0.15, 0.2) is 24.4 Å². The SMILES string of the molecule is CC(C)(C)OC(=O)NC1CCN(c2cnc3cc(N)ccc3n2)CC1. The fourth-order valence-corrected chi connectivity index (χ4v) is 2.90. The van der Waals surface area contributed by atoms with Gasteiger partial charge >= 0.3 is 6.09 Å². The first-order valence-corrected chi connectivity index (χ1v) is 8.57. The molecule has 1 amide bonds. The summed E-state index contributed by atoms with van der Waals surface area (Å²) in [6.45, 7) is 7.22. The van der Waals surface area contributed by atoms with Gasteiger partial charge in [0, 0.05) is 24.8 Å². The van der Waals surface area contributed by atoms with Crippen LogP contribution >= 0.6 is 0 Å². The minimum absolute atomic E-state index is 0.124. The van der Waals surface area contributed by atoms with Gasteiger partial charge in [0.15, 0.2) is 0 Å². The number of rotatable bonds is 2. The number of ether oxygens (including phenoxy) is 1. The average Bonchev–Trinajstić information content (AvgIpc) is 2.53. The Labute approximate surface area is 147 Å². The minimum atomic E-state index is -0.477. The molecule has 134 valence electrons. The fraction of sp³-hybridized carbons (Fsp3) is 0.500. The maximum atomic E-state index is 11.9. The van der Waals surface area contributed by atoms with Crippen molar-refractivity contribution < 1.29 is 9.53 Å². The highest BCUT2D eigenvalue weighted by Gasteiger charge is 2.24. The summed E-state index contributed by atoms with van der Waals surface area (Å²) >= 11 is 0. The second kappa shape index (κ2) is 6.74. The van der Waals surface area contributed by atoms with Gasteiger partial charge < -0.3 is 20.7 Å². The lowest BCUT2D eigenvalue weighted by atomic mass is 10.1. The van der Waals surface area contributed by atoms with Gasteiger partial charge in [0.05, 0.1) is 17.2 Å². The van der Waals surface area contributed by atoms with Gasteiger partial charge in [0.1, 0.15) is 11.4 Å². The lowest BCUT2D eigenvalue weighted by molar-refractivity contribution is 0.0497. The van der Waals surface area contributed by atoms with Crippen LogP contribution in [-0.2, 0) is 4.74 Å². The zero-order chi connectivity index (χ0) is 18.0. The minimum Gasteiger partial charge on any atom is -0.444 e. The summed E-state index contributed by atoms with van der Waals surface area (Å²) in [5, 5.41) is 2.95. The van der Waals surface area contributed by atoms with E-state index in [2.05, 4.69) is 20.2 Å². The van der Waals surface area contributed by atoms with Crippen molar-refractivity contribution in [3.8, 4) is 0 Å². The quantitative estimate of drug-likeness (QED) is 0.814. The number of carbonyl (C=O) groups excluding carboxylic acids is 1. The van der Waals surface area contributed by atoms with Crippen LogP contribution in [-0.4, -0.2) is 40.8 Å². The number of carbonyl (C=O) groups is 1. The molecule has 25 heavy (non-hydrogen) atoms. The second-order valence-electron chi connectivity index (χ2n) is 7.38. The van der Waals surface area contributed by atoms with E-state index in [0.717, 1.165) is 42.8 Å². The number of nitrogen functional groups attached to an aromatic ring is 1. The van der Waals surface area contributed by atoms with E-state index in [1.807, 2.05) is 39.0 Å². The number of amides is 1. The van der Waals surface area contributed by atoms with E-state index < -0.39 is 5.60 Å². The number of fused-ring (bicyclic) bond motifs is 1. The lowest BCUT2D eigenvalue weighted by Crippen LogP contribution is -2.46. The van der Waals surface area contributed by atoms with Crippen LogP contribution < -0.4 is 16.0 Å². The van der Waals surface area contributed by atoms with Crippen LogP contribution in [0.4, 0.5) is 16.3 Å². The Morgan fingerprint density at radius 1 is 1.28 bits per heavy atom. The van der Waals surface area contributed by atoms with Gasteiger partial charge in [-0.05, 0) is 51.8 Å². The van der Waals surface area contributed by atoms with Crippen LogP contribution in [0.2, 0.25) is 0 Å². The van der Waals surface area contributed by atoms with E-state index in [4.69, 9.17) is 10.5 Å². The van der Waals surface area contributed by atoms with Gasteiger partial charge in [0.25, 0.3) is 0 Å². The van der Waals surface area contributed by atoms with E-state index in [9.17, 15) is 4.79 Å². The Morgan fingerprint density at radius 3 is 2.68 bits per heavy atom. The number of hydrogen-bond acceptors (Lipinski definition) is 6. The molecule has 2 aromatic rings. The molecular formula is C18H25N5O2. The Kier molecular flexibility index (Phi) is 4.65. The predicted octanol–water partition coefficient (Wildman–Crippen LogP) is 2.71. The highest BCUT2D eigenvalue weighted by molar-refractivity contribution is 5.79. The first kappa shape index (κ1) is 17.3. The van der Waals surface area contributed by atoms with Crippen molar-refractivity contribution in [2.24, 2.45) is 0 Å². The van der Waals surface area contributed by atoms with Crippen molar-refractivity contribution in [2.45, 2.75) is 45.3 Å². The monoisotopic (exact) mass is 343 g/mol. The predicted molar refractivity (Wildman–Crippen MR) is 98.6 cm³/mol. The number of piperidine rings is 1. The van der Waals surface area contributed by atoms with Crippen molar-refractivity contribution in [3.05, 3.63) is 24.4 Å². The van der Waals surface area contributed by atoms with Crippen LogP contribution in [0.1, 0.15) is 33.6 Å². The summed E-state index contributed by atoms with van der Waals surface area (Å²) in [5.74, 6) is 0.855. The maximum absolute atomic E-state index is 11.9. The first-order chi connectivity index (χ1) is 11.8. The summed E-state index contributed by atoms with van der Waals surface area (Å²) in [7, 11) is 0. The molecule has 1 aliphatic rings. The molecule has 1 aromatic carbocycles. The molecule has 1 aromatic heterocycles. The molecule has 7 heteroatoms. The molecule has 0 spiro atoms. The van der Waals surface area contributed by atoms with E-state index in [1.54, 1.807) is 6.20 Å². The summed E-state index contributed by atoms with van der Waals surface area (Å²) in [6, 6.07) is 5.66. The molecular weight excluding hydrogens is 318 g/mol. The number of benzene rings is 1. The van der Waals surface area contributed by atoms with Crippen molar-refractivity contribution in [1.29, 1.82) is 0 Å². The third-order valence-corrected chi connectivity index (χ3v) is 4.09. The fourth-order valence-electron chi connectivity index (χ4n) is 2.90. The van der Waals surface area contributed by atoms with Crippen molar-refractivity contribution in [3.63, 3.8) is 0 Å². The number of alkyl carbamates (subject to hydrolysis) is 1. The van der Waals surface area contributed by atoms with Gasteiger partial charge in [-0.1, -0.05) is 0 Å². The third-order valence-electron chi connectivity index (χ3n) is 4.09. The van der Waals surface area contributed by atoms with Gasteiger partial charge in [-0.2, -0.15) is 0 Å². The Hall–Kier alpha value is -2.57. The number of anilines is 2. The molecule has 1 aliphatic heterocycles. The lowest BCUT2D eigenvalue weighted by Gasteiger charge is -2.33. The summed E-state index contributed by atoms with van der Waals surface area (Å²) in [4.78, 5) is 23.2. The van der Waals surface area contributed by atoms with E-state index >= 15 is 0 Å². The molecule has 1 fully saturated rings. The van der Waals surface area contributed by atoms with E-state index in [0.29, 0.717) is 5.69 Å². The van der Waals surface area contributed by atoms with Crippen LogP contribution in [0, 0.1) is 0 Å². The highest BCUT2D eigenvalue weighted by Crippen LogP contribution is 2.21. The molecule has 0 atom stereocenters. The molecule has 1 saturated heterocycles. The molecule has 0 unspecified atom stereocenters.